The highest BCUT2D eigenvalue weighted by atomic mass is 16.1. The molecule has 25 heavy (non-hydrogen) atoms. The summed E-state index contributed by atoms with van der Waals surface area (Å²) < 4.78 is 0. The van der Waals surface area contributed by atoms with Gasteiger partial charge >= 0.3 is 0 Å². The van der Waals surface area contributed by atoms with Gasteiger partial charge in [0.1, 0.15) is 0 Å². The molecule has 130 valence electrons. The molecule has 4 nitrogen and oxygen atoms in total. The molecule has 1 aliphatic heterocycles. The minimum atomic E-state index is -0.549. The molecule has 0 saturated carbocycles. The second-order valence-electron chi connectivity index (χ2n) is 6.90. The third-order valence-electron chi connectivity index (χ3n) is 4.91. The third-order valence-corrected chi connectivity index (χ3v) is 4.91. The molecule has 1 heterocycles. The molecule has 1 fully saturated rings. The second-order valence-corrected chi connectivity index (χ2v) is 6.90. The smallest absolute Gasteiger partial charge is 0.193 e. The van der Waals surface area contributed by atoms with Crippen molar-refractivity contribution >= 4 is 11.6 Å². The number of piperazine rings is 1. The molecule has 0 atom stereocenters. The highest BCUT2D eigenvalue weighted by Gasteiger charge is 2.35. The molecule has 0 aromatic heterocycles. The molecule has 0 amide bonds. The zero-order chi connectivity index (χ0) is 17.9. The van der Waals surface area contributed by atoms with Crippen molar-refractivity contribution in [3.8, 4) is 0 Å². The average molecular weight is 336 g/mol. The molecule has 2 aromatic rings. The van der Waals surface area contributed by atoms with E-state index in [-0.39, 0.29) is 11.6 Å². The summed E-state index contributed by atoms with van der Waals surface area (Å²) in [5.41, 5.74) is 1.35. The Labute approximate surface area is 148 Å². The van der Waals surface area contributed by atoms with E-state index in [9.17, 15) is 9.59 Å². The van der Waals surface area contributed by atoms with Gasteiger partial charge in [-0.25, -0.2) is 0 Å². The van der Waals surface area contributed by atoms with Gasteiger partial charge in [-0.15, -0.1) is 0 Å². The van der Waals surface area contributed by atoms with Crippen molar-refractivity contribution in [2.45, 2.75) is 19.4 Å². The predicted molar refractivity (Wildman–Crippen MR) is 99.2 cm³/mol. The van der Waals surface area contributed by atoms with Crippen LogP contribution in [0.5, 0.6) is 0 Å². The number of ketones is 2. The lowest BCUT2D eigenvalue weighted by Crippen LogP contribution is -2.57. The van der Waals surface area contributed by atoms with Crippen LogP contribution < -0.4 is 5.32 Å². The van der Waals surface area contributed by atoms with Crippen LogP contribution in [0.25, 0.3) is 0 Å². The Bertz CT molecular complexity index is 745. The van der Waals surface area contributed by atoms with Crippen molar-refractivity contribution < 1.29 is 9.59 Å². The fourth-order valence-electron chi connectivity index (χ4n) is 3.25. The lowest BCUT2D eigenvalue weighted by Gasteiger charge is -2.40. The number of rotatable bonds is 5. The van der Waals surface area contributed by atoms with Gasteiger partial charge in [0.15, 0.2) is 11.6 Å². The number of benzene rings is 2. The molecule has 0 spiro atoms. The van der Waals surface area contributed by atoms with Crippen LogP contribution in [-0.2, 0) is 0 Å². The van der Waals surface area contributed by atoms with Gasteiger partial charge in [-0.05, 0) is 13.8 Å². The van der Waals surface area contributed by atoms with E-state index in [4.69, 9.17) is 0 Å². The number of hydrogen-bond acceptors (Lipinski definition) is 4. The summed E-state index contributed by atoms with van der Waals surface area (Å²) in [7, 11) is 0. The van der Waals surface area contributed by atoms with Crippen LogP contribution >= 0.6 is 0 Å². The summed E-state index contributed by atoms with van der Waals surface area (Å²) in [6, 6.07) is 16.2. The fraction of sp³-hybridized carbons (Fsp3) is 0.333. The first-order chi connectivity index (χ1) is 12.0. The van der Waals surface area contributed by atoms with Crippen LogP contribution in [0.4, 0.5) is 0 Å². The number of Topliss-reactive ketones (excluding diaryl/α,β-unsaturated/α-hetero) is 1. The fourth-order valence-corrected chi connectivity index (χ4v) is 3.25. The van der Waals surface area contributed by atoms with E-state index < -0.39 is 5.54 Å². The number of hydrogen-bond donors (Lipinski definition) is 1. The van der Waals surface area contributed by atoms with Crippen LogP contribution in [-0.4, -0.2) is 48.2 Å². The van der Waals surface area contributed by atoms with Gasteiger partial charge in [0.05, 0.1) is 5.54 Å². The summed E-state index contributed by atoms with van der Waals surface area (Å²) in [6.07, 6.45) is 0. The van der Waals surface area contributed by atoms with E-state index in [0.717, 1.165) is 26.2 Å². The molecule has 2 aromatic carbocycles. The lowest BCUT2D eigenvalue weighted by atomic mass is 9.90. The Morgan fingerprint density at radius 2 is 1.36 bits per heavy atom. The Hall–Kier alpha value is -2.30. The molecule has 4 heteroatoms. The van der Waals surface area contributed by atoms with Crippen molar-refractivity contribution in [3.05, 3.63) is 71.3 Å². The summed E-state index contributed by atoms with van der Waals surface area (Å²) in [4.78, 5) is 27.7. The van der Waals surface area contributed by atoms with E-state index in [1.807, 2.05) is 32.0 Å². The Morgan fingerprint density at radius 3 is 1.96 bits per heavy atom. The van der Waals surface area contributed by atoms with Gasteiger partial charge in [-0.3, -0.25) is 14.5 Å². The maximum atomic E-state index is 13.0. The minimum Gasteiger partial charge on any atom is -0.314 e. The molecule has 1 aliphatic rings. The topological polar surface area (TPSA) is 49.4 Å². The molecular weight excluding hydrogens is 312 g/mol. The first kappa shape index (κ1) is 17.5. The lowest BCUT2D eigenvalue weighted by molar-refractivity contribution is 0.0602. The Balaban J connectivity index is 1.77. The zero-order valence-corrected chi connectivity index (χ0v) is 14.8. The first-order valence-electron chi connectivity index (χ1n) is 8.70. The molecule has 0 aliphatic carbocycles. The number of nitrogens with one attached hydrogen (secondary N) is 1. The van der Waals surface area contributed by atoms with Gasteiger partial charge in [-0.1, -0.05) is 54.6 Å². The van der Waals surface area contributed by atoms with Crippen molar-refractivity contribution in [1.29, 1.82) is 0 Å². The van der Waals surface area contributed by atoms with Gasteiger partial charge < -0.3 is 5.32 Å². The largest absolute Gasteiger partial charge is 0.314 e. The van der Waals surface area contributed by atoms with Gasteiger partial charge in [-0.2, -0.15) is 0 Å². The van der Waals surface area contributed by atoms with E-state index in [0.29, 0.717) is 16.7 Å². The quantitative estimate of drug-likeness (QED) is 0.853. The van der Waals surface area contributed by atoms with E-state index in [1.165, 1.54) is 0 Å². The molecule has 0 bridgehead atoms. The van der Waals surface area contributed by atoms with E-state index in [2.05, 4.69) is 10.2 Å². The summed E-state index contributed by atoms with van der Waals surface area (Å²) in [5.74, 6) is 0.0640. The summed E-state index contributed by atoms with van der Waals surface area (Å²) in [5, 5.41) is 3.31. The minimum absolute atomic E-state index is 0.0269. The van der Waals surface area contributed by atoms with Crippen molar-refractivity contribution in [3.63, 3.8) is 0 Å². The van der Waals surface area contributed by atoms with Gasteiger partial charge in [0.2, 0.25) is 0 Å². The summed E-state index contributed by atoms with van der Waals surface area (Å²) in [6.45, 7) is 7.49. The third kappa shape index (κ3) is 3.70. The monoisotopic (exact) mass is 336 g/mol. The average Bonchev–Trinajstić information content (AvgIpc) is 2.68. The van der Waals surface area contributed by atoms with Crippen LogP contribution in [0.2, 0.25) is 0 Å². The van der Waals surface area contributed by atoms with Crippen LogP contribution in [0.1, 0.15) is 40.1 Å². The van der Waals surface area contributed by atoms with Crippen LogP contribution in [0, 0.1) is 0 Å². The molecule has 0 unspecified atom stereocenters. The number of nitrogens with zero attached hydrogens (tertiary/aromatic N) is 1. The van der Waals surface area contributed by atoms with Crippen LogP contribution in [0.15, 0.2) is 54.6 Å². The predicted octanol–water partition coefficient (Wildman–Crippen LogP) is 2.78. The maximum Gasteiger partial charge on any atom is 0.193 e. The zero-order valence-electron chi connectivity index (χ0n) is 14.8. The number of carbonyl (C=O) groups is 2. The second kappa shape index (κ2) is 7.30. The Morgan fingerprint density at radius 1 is 0.840 bits per heavy atom. The van der Waals surface area contributed by atoms with E-state index in [1.54, 1.807) is 36.4 Å². The van der Waals surface area contributed by atoms with E-state index >= 15 is 0 Å². The molecule has 1 saturated heterocycles. The van der Waals surface area contributed by atoms with Crippen LogP contribution in [0.3, 0.4) is 0 Å². The standard InChI is InChI=1S/C21H24N2O2/c1-21(2,23-14-12-22-13-15-23)20(25)18-10-8-17(9-11-18)19(24)16-6-4-3-5-7-16/h3-11,22H,12-15H2,1-2H3. The molecule has 0 radical (unpaired) electrons. The number of carbonyl (C=O) groups excluding carboxylic acids is 2. The normalized spacial score (nSPS) is 15.8. The Kier molecular flexibility index (Phi) is 5.11. The van der Waals surface area contributed by atoms with Gasteiger partial charge in [0, 0.05) is 42.9 Å². The summed E-state index contributed by atoms with van der Waals surface area (Å²) >= 11 is 0. The molecular formula is C21H24N2O2. The first-order valence-corrected chi connectivity index (χ1v) is 8.70. The van der Waals surface area contributed by atoms with Crippen molar-refractivity contribution in [2.75, 3.05) is 26.2 Å². The molecule has 3 rings (SSSR count). The SMILES string of the molecule is CC(C)(C(=O)c1ccc(C(=O)c2ccccc2)cc1)N1CCNCC1. The highest BCUT2D eigenvalue weighted by molar-refractivity contribution is 6.10. The van der Waals surface area contributed by atoms with Gasteiger partial charge in [0.25, 0.3) is 0 Å². The maximum absolute atomic E-state index is 13.0. The molecule has 1 N–H and O–H groups in total. The van der Waals surface area contributed by atoms with Crippen molar-refractivity contribution in [1.82, 2.24) is 10.2 Å². The highest BCUT2D eigenvalue weighted by Crippen LogP contribution is 2.22. The van der Waals surface area contributed by atoms with Crippen molar-refractivity contribution in [2.24, 2.45) is 0 Å².